The Morgan fingerprint density at radius 2 is 1.70 bits per heavy atom. The molecule has 6 rings (SSSR count). The summed E-state index contributed by atoms with van der Waals surface area (Å²) >= 11 is 1.48. The van der Waals surface area contributed by atoms with Crippen molar-refractivity contribution in [2.45, 2.75) is 38.3 Å². The Kier molecular flexibility index (Phi) is 6.38. The van der Waals surface area contributed by atoms with Crippen molar-refractivity contribution in [1.82, 2.24) is 9.47 Å². The van der Waals surface area contributed by atoms with Gasteiger partial charge in [0.05, 0.1) is 22.2 Å². The van der Waals surface area contributed by atoms with Crippen LogP contribution in [0, 0.1) is 11.3 Å². The van der Waals surface area contributed by atoms with E-state index in [-0.39, 0.29) is 11.9 Å². The number of amidine groups is 1. The number of aliphatic imine (C=N–C) groups is 1. The summed E-state index contributed by atoms with van der Waals surface area (Å²) in [6.07, 6.45) is 8.50. The largest absolute Gasteiger partial charge is 0.342 e. The maximum absolute atomic E-state index is 13.7. The van der Waals surface area contributed by atoms with E-state index in [1.54, 1.807) is 0 Å². The van der Waals surface area contributed by atoms with E-state index in [9.17, 15) is 4.79 Å². The highest BCUT2D eigenvalue weighted by molar-refractivity contribution is 8.18. The molecule has 2 aliphatic rings. The number of para-hydroxylation sites is 2. The Labute approximate surface area is 220 Å². The van der Waals surface area contributed by atoms with Crippen LogP contribution in [-0.4, -0.2) is 26.6 Å². The molecule has 0 bridgehead atoms. The predicted molar refractivity (Wildman–Crippen MR) is 150 cm³/mol. The number of hydrogen-bond acceptors (Lipinski definition) is 4. The van der Waals surface area contributed by atoms with Crippen molar-refractivity contribution in [3.8, 4) is 6.07 Å². The van der Waals surface area contributed by atoms with Gasteiger partial charge < -0.3 is 4.57 Å². The quantitative estimate of drug-likeness (QED) is 0.273. The topological polar surface area (TPSA) is 61.4 Å². The van der Waals surface area contributed by atoms with Crippen LogP contribution in [0.15, 0.2) is 95.0 Å². The van der Waals surface area contributed by atoms with Gasteiger partial charge in [-0.3, -0.25) is 9.69 Å². The summed E-state index contributed by atoms with van der Waals surface area (Å²) in [5.74, 6) is 0.0514. The number of nitriles is 1. The van der Waals surface area contributed by atoms with E-state index in [0.29, 0.717) is 17.0 Å². The standard InChI is InChI=1S/C31H26N4OS/c32-19-22-14-16-23(17-15-22)20-34-21-24(27-12-6-7-13-28(27)34)18-29-30(36)35(26-10-4-5-11-26)31(37-29)33-25-8-2-1-3-9-25/h1-3,6-9,12-18,21,26H,4-5,10-11,20H2/b29-18+,33-31?. The van der Waals surface area contributed by atoms with E-state index in [4.69, 9.17) is 10.3 Å². The van der Waals surface area contributed by atoms with Gasteiger partial charge in [0, 0.05) is 35.2 Å². The molecule has 1 aromatic heterocycles. The molecule has 1 aliphatic carbocycles. The highest BCUT2D eigenvalue weighted by Gasteiger charge is 2.39. The second-order valence-corrected chi connectivity index (χ2v) is 10.5. The van der Waals surface area contributed by atoms with Crippen molar-refractivity contribution in [3.05, 3.63) is 107 Å². The zero-order valence-electron chi connectivity index (χ0n) is 20.4. The molecular formula is C31H26N4OS. The molecule has 2 heterocycles. The van der Waals surface area contributed by atoms with Crippen LogP contribution in [-0.2, 0) is 11.3 Å². The first-order valence-corrected chi connectivity index (χ1v) is 13.4. The normalized spacial score (nSPS) is 18.4. The molecular weight excluding hydrogens is 476 g/mol. The number of benzene rings is 3. The summed E-state index contributed by atoms with van der Waals surface area (Å²) in [7, 11) is 0. The fraction of sp³-hybridized carbons (Fsp3) is 0.194. The fourth-order valence-electron chi connectivity index (χ4n) is 5.21. The number of carbonyl (C=O) groups excluding carboxylic acids is 1. The zero-order chi connectivity index (χ0) is 25.2. The molecule has 6 heteroatoms. The molecule has 3 aromatic carbocycles. The summed E-state index contributed by atoms with van der Waals surface area (Å²) in [6, 6.07) is 28.2. The van der Waals surface area contributed by atoms with Crippen LogP contribution in [0.3, 0.4) is 0 Å². The van der Waals surface area contributed by atoms with Crippen molar-refractivity contribution in [1.29, 1.82) is 5.26 Å². The average molecular weight is 503 g/mol. The zero-order valence-corrected chi connectivity index (χ0v) is 21.2. The molecule has 0 radical (unpaired) electrons. The van der Waals surface area contributed by atoms with Gasteiger partial charge in [0.15, 0.2) is 5.17 Å². The van der Waals surface area contributed by atoms with E-state index in [2.05, 4.69) is 29.0 Å². The Hall–Kier alpha value is -4.08. The molecule has 37 heavy (non-hydrogen) atoms. The van der Waals surface area contributed by atoms with Crippen LogP contribution >= 0.6 is 11.8 Å². The summed E-state index contributed by atoms with van der Waals surface area (Å²) < 4.78 is 2.21. The summed E-state index contributed by atoms with van der Waals surface area (Å²) in [5.41, 5.74) is 4.77. The Bertz CT molecular complexity index is 1550. The highest BCUT2D eigenvalue weighted by atomic mass is 32.2. The maximum Gasteiger partial charge on any atom is 0.267 e. The Balaban J connectivity index is 1.37. The molecule has 2 fully saturated rings. The SMILES string of the molecule is N#Cc1ccc(Cn2cc(/C=C3/SC(=Nc4ccccc4)N(C4CCCC4)C3=O)c3ccccc32)cc1. The van der Waals surface area contributed by atoms with Gasteiger partial charge in [-0.25, -0.2) is 4.99 Å². The number of fused-ring (bicyclic) bond motifs is 1. The molecule has 1 saturated heterocycles. The molecule has 5 nitrogen and oxygen atoms in total. The van der Waals surface area contributed by atoms with E-state index < -0.39 is 0 Å². The van der Waals surface area contributed by atoms with Gasteiger partial charge in [0.1, 0.15) is 0 Å². The first-order valence-electron chi connectivity index (χ1n) is 12.6. The van der Waals surface area contributed by atoms with E-state index in [0.717, 1.165) is 58.6 Å². The third-order valence-corrected chi connectivity index (χ3v) is 8.03. The lowest BCUT2D eigenvalue weighted by molar-refractivity contribution is -0.123. The first kappa shape index (κ1) is 23.3. The lowest BCUT2D eigenvalue weighted by Crippen LogP contribution is -2.37. The lowest BCUT2D eigenvalue weighted by atomic mass is 10.1. The van der Waals surface area contributed by atoms with Crippen LogP contribution in [0.2, 0.25) is 0 Å². The molecule has 182 valence electrons. The molecule has 4 aromatic rings. The Morgan fingerprint density at radius 1 is 0.973 bits per heavy atom. The second kappa shape index (κ2) is 10.1. The van der Waals surface area contributed by atoms with E-state index in [1.165, 1.54) is 11.8 Å². The van der Waals surface area contributed by atoms with Crippen LogP contribution < -0.4 is 0 Å². The number of thioether (sulfide) groups is 1. The van der Waals surface area contributed by atoms with E-state index in [1.807, 2.05) is 77.7 Å². The van der Waals surface area contributed by atoms with Gasteiger partial charge in [-0.1, -0.05) is 61.4 Å². The van der Waals surface area contributed by atoms with Crippen LogP contribution in [0.1, 0.15) is 42.4 Å². The van der Waals surface area contributed by atoms with Crippen molar-refractivity contribution >= 4 is 45.5 Å². The van der Waals surface area contributed by atoms with Crippen LogP contribution in [0.4, 0.5) is 5.69 Å². The highest BCUT2D eigenvalue weighted by Crippen LogP contribution is 2.39. The van der Waals surface area contributed by atoms with Crippen LogP contribution in [0.5, 0.6) is 0 Å². The minimum atomic E-state index is 0.0514. The van der Waals surface area contributed by atoms with Crippen molar-refractivity contribution in [2.24, 2.45) is 4.99 Å². The minimum absolute atomic E-state index is 0.0514. The smallest absolute Gasteiger partial charge is 0.267 e. The maximum atomic E-state index is 13.7. The van der Waals surface area contributed by atoms with Gasteiger partial charge in [-0.15, -0.1) is 0 Å². The molecule has 0 spiro atoms. The third-order valence-electron chi connectivity index (χ3n) is 7.05. The number of carbonyl (C=O) groups is 1. The van der Waals surface area contributed by atoms with Crippen molar-refractivity contribution in [2.75, 3.05) is 0 Å². The number of amides is 1. The fourth-order valence-corrected chi connectivity index (χ4v) is 6.26. The summed E-state index contributed by atoms with van der Waals surface area (Å²) in [5, 5.41) is 11.0. The second-order valence-electron chi connectivity index (χ2n) is 9.49. The monoisotopic (exact) mass is 502 g/mol. The average Bonchev–Trinajstić information content (AvgIpc) is 3.65. The molecule has 0 atom stereocenters. The third kappa shape index (κ3) is 4.71. The van der Waals surface area contributed by atoms with Gasteiger partial charge in [0.2, 0.25) is 0 Å². The lowest BCUT2D eigenvalue weighted by Gasteiger charge is -2.22. The summed E-state index contributed by atoms with van der Waals surface area (Å²) in [4.78, 5) is 21.2. The number of rotatable bonds is 5. The number of aromatic nitrogens is 1. The van der Waals surface area contributed by atoms with Gasteiger partial charge >= 0.3 is 0 Å². The minimum Gasteiger partial charge on any atom is -0.342 e. The van der Waals surface area contributed by atoms with Crippen molar-refractivity contribution in [3.63, 3.8) is 0 Å². The van der Waals surface area contributed by atoms with E-state index >= 15 is 0 Å². The Morgan fingerprint density at radius 3 is 2.46 bits per heavy atom. The molecule has 1 amide bonds. The summed E-state index contributed by atoms with van der Waals surface area (Å²) in [6.45, 7) is 0.686. The molecule has 0 N–H and O–H groups in total. The molecule has 1 saturated carbocycles. The van der Waals surface area contributed by atoms with Gasteiger partial charge in [0.25, 0.3) is 5.91 Å². The first-order chi connectivity index (χ1) is 18.2. The molecule has 1 aliphatic heterocycles. The van der Waals surface area contributed by atoms with Gasteiger partial charge in [-0.2, -0.15) is 5.26 Å². The predicted octanol–water partition coefficient (Wildman–Crippen LogP) is 7.11. The number of nitrogens with zero attached hydrogens (tertiary/aromatic N) is 4. The van der Waals surface area contributed by atoms with Crippen LogP contribution in [0.25, 0.3) is 17.0 Å². The molecule has 0 unspecified atom stereocenters. The van der Waals surface area contributed by atoms with Gasteiger partial charge in [-0.05, 0) is 66.6 Å². The number of hydrogen-bond donors (Lipinski definition) is 0. The van der Waals surface area contributed by atoms with Crippen molar-refractivity contribution < 1.29 is 4.79 Å².